The lowest BCUT2D eigenvalue weighted by Gasteiger charge is -2.37. The van der Waals surface area contributed by atoms with Gasteiger partial charge in [0, 0.05) is 12.6 Å². The first-order chi connectivity index (χ1) is 9.63. The molecule has 0 radical (unpaired) electrons. The van der Waals surface area contributed by atoms with Crippen LogP contribution in [0.3, 0.4) is 0 Å². The van der Waals surface area contributed by atoms with Crippen LogP contribution in [-0.4, -0.2) is 25.1 Å². The molecule has 0 spiro atoms. The SMILES string of the molecule is COc1ccc(CN(C)C2CC(C)CCC2C#N)cc1. The predicted octanol–water partition coefficient (Wildman–Crippen LogP) is 3.46. The average Bonchev–Trinajstić information content (AvgIpc) is 2.48. The van der Waals surface area contributed by atoms with Gasteiger partial charge >= 0.3 is 0 Å². The van der Waals surface area contributed by atoms with Gasteiger partial charge in [-0.05, 0) is 49.9 Å². The highest BCUT2D eigenvalue weighted by molar-refractivity contribution is 5.27. The predicted molar refractivity (Wildman–Crippen MR) is 80.4 cm³/mol. The average molecular weight is 272 g/mol. The van der Waals surface area contributed by atoms with Crippen molar-refractivity contribution in [3.05, 3.63) is 29.8 Å². The summed E-state index contributed by atoms with van der Waals surface area (Å²) < 4.78 is 5.18. The summed E-state index contributed by atoms with van der Waals surface area (Å²) in [5.41, 5.74) is 1.27. The van der Waals surface area contributed by atoms with Crippen LogP contribution >= 0.6 is 0 Å². The van der Waals surface area contributed by atoms with Gasteiger partial charge in [-0.2, -0.15) is 5.26 Å². The van der Waals surface area contributed by atoms with Crippen LogP contribution in [-0.2, 0) is 6.54 Å². The Kier molecular flexibility index (Phi) is 5.03. The Balaban J connectivity index is 2.01. The first-order valence-corrected chi connectivity index (χ1v) is 7.36. The molecular formula is C17H24N2O. The third kappa shape index (κ3) is 3.52. The fourth-order valence-corrected chi connectivity index (χ4v) is 3.12. The van der Waals surface area contributed by atoms with Crippen LogP contribution < -0.4 is 4.74 Å². The van der Waals surface area contributed by atoms with Crippen molar-refractivity contribution in [2.24, 2.45) is 11.8 Å². The Morgan fingerprint density at radius 3 is 2.60 bits per heavy atom. The van der Waals surface area contributed by atoms with Crippen LogP contribution in [0, 0.1) is 23.2 Å². The van der Waals surface area contributed by atoms with E-state index in [1.165, 1.54) is 12.0 Å². The van der Waals surface area contributed by atoms with Crippen LogP contribution in [0.4, 0.5) is 0 Å². The highest BCUT2D eigenvalue weighted by Crippen LogP contribution is 2.32. The Labute approximate surface area is 122 Å². The molecule has 1 saturated carbocycles. The van der Waals surface area contributed by atoms with Gasteiger partial charge in [0.15, 0.2) is 0 Å². The van der Waals surface area contributed by atoms with E-state index in [1.807, 2.05) is 12.1 Å². The Hall–Kier alpha value is -1.53. The van der Waals surface area contributed by atoms with E-state index in [1.54, 1.807) is 7.11 Å². The third-order valence-electron chi connectivity index (χ3n) is 4.40. The molecule has 108 valence electrons. The number of hydrogen-bond donors (Lipinski definition) is 0. The van der Waals surface area contributed by atoms with Gasteiger partial charge in [0.05, 0.1) is 19.1 Å². The second-order valence-corrected chi connectivity index (χ2v) is 5.98. The summed E-state index contributed by atoms with van der Waals surface area (Å²) in [7, 11) is 3.82. The number of nitrogens with zero attached hydrogens (tertiary/aromatic N) is 2. The molecular weight excluding hydrogens is 248 g/mol. The maximum atomic E-state index is 9.34. The number of benzene rings is 1. The molecule has 3 heteroatoms. The summed E-state index contributed by atoms with van der Waals surface area (Å²) in [5.74, 6) is 1.79. The zero-order chi connectivity index (χ0) is 14.5. The molecule has 0 saturated heterocycles. The maximum absolute atomic E-state index is 9.34. The van der Waals surface area contributed by atoms with Crippen molar-refractivity contribution in [2.45, 2.75) is 38.8 Å². The molecule has 20 heavy (non-hydrogen) atoms. The van der Waals surface area contributed by atoms with Crippen molar-refractivity contribution >= 4 is 0 Å². The number of hydrogen-bond acceptors (Lipinski definition) is 3. The van der Waals surface area contributed by atoms with Gasteiger partial charge < -0.3 is 4.74 Å². The molecule has 0 heterocycles. The maximum Gasteiger partial charge on any atom is 0.118 e. The lowest BCUT2D eigenvalue weighted by atomic mass is 9.79. The van der Waals surface area contributed by atoms with Gasteiger partial charge in [-0.25, -0.2) is 0 Å². The second kappa shape index (κ2) is 6.76. The van der Waals surface area contributed by atoms with Crippen molar-refractivity contribution in [1.29, 1.82) is 5.26 Å². The van der Waals surface area contributed by atoms with Crippen molar-refractivity contribution in [3.8, 4) is 11.8 Å². The summed E-state index contributed by atoms with van der Waals surface area (Å²) in [4.78, 5) is 2.34. The minimum Gasteiger partial charge on any atom is -0.497 e. The van der Waals surface area contributed by atoms with E-state index in [0.29, 0.717) is 6.04 Å². The van der Waals surface area contributed by atoms with Crippen LogP contribution in [0.2, 0.25) is 0 Å². The summed E-state index contributed by atoms with van der Waals surface area (Å²) >= 11 is 0. The monoisotopic (exact) mass is 272 g/mol. The number of methoxy groups -OCH3 is 1. The normalized spacial score (nSPS) is 26.2. The highest BCUT2D eigenvalue weighted by atomic mass is 16.5. The molecule has 0 bridgehead atoms. The topological polar surface area (TPSA) is 36.3 Å². The molecule has 2 rings (SSSR count). The Morgan fingerprint density at radius 1 is 1.30 bits per heavy atom. The summed E-state index contributed by atoms with van der Waals surface area (Å²) in [6, 6.07) is 11.1. The summed E-state index contributed by atoms with van der Waals surface area (Å²) in [6.45, 7) is 3.18. The van der Waals surface area contributed by atoms with Crippen molar-refractivity contribution in [3.63, 3.8) is 0 Å². The fraction of sp³-hybridized carbons (Fsp3) is 0.588. The third-order valence-corrected chi connectivity index (χ3v) is 4.40. The Morgan fingerprint density at radius 2 is 2.00 bits per heavy atom. The van der Waals surface area contributed by atoms with Crippen LogP contribution in [0.25, 0.3) is 0 Å². The minimum atomic E-state index is 0.175. The van der Waals surface area contributed by atoms with E-state index >= 15 is 0 Å². The molecule has 1 aliphatic rings. The first kappa shape index (κ1) is 14.9. The van der Waals surface area contributed by atoms with E-state index in [0.717, 1.165) is 31.1 Å². The van der Waals surface area contributed by atoms with E-state index < -0.39 is 0 Å². The van der Waals surface area contributed by atoms with E-state index in [4.69, 9.17) is 4.74 Å². The van der Waals surface area contributed by atoms with Gasteiger partial charge in [-0.1, -0.05) is 19.1 Å². The minimum absolute atomic E-state index is 0.175. The van der Waals surface area contributed by atoms with Gasteiger partial charge in [0.25, 0.3) is 0 Å². The molecule has 1 fully saturated rings. The number of nitriles is 1. The standard InChI is InChI=1S/C17H24N2O/c1-13-4-7-15(11-18)17(10-13)19(2)12-14-5-8-16(20-3)9-6-14/h5-6,8-9,13,15,17H,4,7,10,12H2,1-3H3. The molecule has 1 aromatic carbocycles. The first-order valence-electron chi connectivity index (χ1n) is 7.36. The molecule has 0 aromatic heterocycles. The fourth-order valence-electron chi connectivity index (χ4n) is 3.12. The highest BCUT2D eigenvalue weighted by Gasteiger charge is 2.31. The zero-order valence-corrected chi connectivity index (χ0v) is 12.7. The summed E-state index contributed by atoms with van der Waals surface area (Å²) in [5, 5.41) is 9.34. The largest absolute Gasteiger partial charge is 0.497 e. The molecule has 0 N–H and O–H groups in total. The number of ether oxygens (including phenoxy) is 1. The second-order valence-electron chi connectivity index (χ2n) is 5.98. The number of rotatable bonds is 4. The molecule has 0 amide bonds. The van der Waals surface area contributed by atoms with Crippen LogP contribution in [0.5, 0.6) is 5.75 Å². The molecule has 3 nitrogen and oxygen atoms in total. The molecule has 1 aliphatic carbocycles. The van der Waals surface area contributed by atoms with E-state index in [-0.39, 0.29) is 5.92 Å². The van der Waals surface area contributed by atoms with E-state index in [2.05, 4.69) is 37.1 Å². The summed E-state index contributed by atoms with van der Waals surface area (Å²) in [6.07, 6.45) is 3.35. The van der Waals surface area contributed by atoms with Crippen molar-refractivity contribution in [2.75, 3.05) is 14.2 Å². The van der Waals surface area contributed by atoms with E-state index in [9.17, 15) is 5.26 Å². The van der Waals surface area contributed by atoms with Gasteiger partial charge in [0.1, 0.15) is 5.75 Å². The van der Waals surface area contributed by atoms with Crippen molar-refractivity contribution in [1.82, 2.24) is 4.90 Å². The lowest BCUT2D eigenvalue weighted by Crippen LogP contribution is -2.41. The lowest BCUT2D eigenvalue weighted by molar-refractivity contribution is 0.125. The van der Waals surface area contributed by atoms with Gasteiger partial charge in [0.2, 0.25) is 0 Å². The molecule has 3 atom stereocenters. The molecule has 1 aromatic rings. The smallest absolute Gasteiger partial charge is 0.118 e. The van der Waals surface area contributed by atoms with Gasteiger partial charge in [-0.3, -0.25) is 4.90 Å². The zero-order valence-electron chi connectivity index (χ0n) is 12.7. The van der Waals surface area contributed by atoms with Gasteiger partial charge in [-0.15, -0.1) is 0 Å². The quantitative estimate of drug-likeness (QED) is 0.842. The molecule has 3 unspecified atom stereocenters. The Bertz CT molecular complexity index is 463. The molecule has 0 aliphatic heterocycles. The van der Waals surface area contributed by atoms with Crippen LogP contribution in [0.1, 0.15) is 31.7 Å². The van der Waals surface area contributed by atoms with Crippen molar-refractivity contribution < 1.29 is 4.74 Å². The van der Waals surface area contributed by atoms with Crippen LogP contribution in [0.15, 0.2) is 24.3 Å².